The van der Waals surface area contributed by atoms with E-state index in [-0.39, 0.29) is 6.03 Å². The molecule has 0 aromatic carbocycles. The van der Waals surface area contributed by atoms with Crippen molar-refractivity contribution >= 4 is 6.03 Å². The maximum atomic E-state index is 12.7. The van der Waals surface area contributed by atoms with E-state index < -0.39 is 0 Å². The molecule has 0 bridgehead atoms. The van der Waals surface area contributed by atoms with Crippen LogP contribution in [0.1, 0.15) is 84.0 Å². The van der Waals surface area contributed by atoms with E-state index in [1.807, 2.05) is 0 Å². The highest BCUT2D eigenvalue weighted by atomic mass is 16.5. The van der Waals surface area contributed by atoms with Gasteiger partial charge in [0, 0.05) is 18.7 Å². The summed E-state index contributed by atoms with van der Waals surface area (Å²) in [6.07, 6.45) is 14.7. The zero-order chi connectivity index (χ0) is 15.6. The Labute approximate surface area is 136 Å². The number of carbonyl (C=O) groups excluding carboxylic acids is 1. The van der Waals surface area contributed by atoms with Crippen molar-refractivity contribution in [2.24, 2.45) is 0 Å². The summed E-state index contributed by atoms with van der Waals surface area (Å²) in [6.45, 7) is 3.24. The molecule has 22 heavy (non-hydrogen) atoms. The molecule has 128 valence electrons. The van der Waals surface area contributed by atoms with Gasteiger partial charge in [-0.15, -0.1) is 0 Å². The minimum Gasteiger partial charge on any atom is -0.361 e. The fraction of sp³-hybridized carbons (Fsp3) is 0.944. The molecule has 0 unspecified atom stereocenters. The van der Waals surface area contributed by atoms with Crippen LogP contribution in [0.15, 0.2) is 0 Å². The second-order valence-corrected chi connectivity index (χ2v) is 6.88. The van der Waals surface area contributed by atoms with E-state index in [2.05, 4.69) is 17.1 Å². The normalized spacial score (nSPS) is 20.8. The van der Waals surface area contributed by atoms with Crippen LogP contribution in [-0.2, 0) is 4.74 Å². The van der Waals surface area contributed by atoms with E-state index in [0.29, 0.717) is 18.8 Å². The van der Waals surface area contributed by atoms with Crippen LogP contribution in [0.2, 0.25) is 0 Å². The van der Waals surface area contributed by atoms with Crippen LogP contribution in [0.3, 0.4) is 0 Å². The molecule has 4 nitrogen and oxygen atoms in total. The number of nitrogens with zero attached hydrogens (tertiary/aromatic N) is 1. The second-order valence-electron chi connectivity index (χ2n) is 6.88. The Hall–Kier alpha value is -0.770. The van der Waals surface area contributed by atoms with Crippen molar-refractivity contribution in [3.63, 3.8) is 0 Å². The molecule has 0 aliphatic heterocycles. The summed E-state index contributed by atoms with van der Waals surface area (Å²) >= 11 is 0. The van der Waals surface area contributed by atoms with Gasteiger partial charge in [-0.1, -0.05) is 51.9 Å². The maximum Gasteiger partial charge on any atom is 0.319 e. The lowest BCUT2D eigenvalue weighted by molar-refractivity contribution is 0.0811. The molecule has 0 saturated heterocycles. The smallest absolute Gasteiger partial charge is 0.319 e. The first-order valence-electron chi connectivity index (χ1n) is 9.47. The number of ether oxygens (including phenoxy) is 1. The zero-order valence-electron chi connectivity index (χ0n) is 14.3. The molecule has 0 spiro atoms. The lowest BCUT2D eigenvalue weighted by Crippen LogP contribution is -2.53. The molecule has 1 N–H and O–H groups in total. The van der Waals surface area contributed by atoms with Gasteiger partial charge >= 0.3 is 6.03 Å². The van der Waals surface area contributed by atoms with E-state index in [1.165, 1.54) is 64.2 Å². The second kappa shape index (κ2) is 10.1. The highest BCUT2D eigenvalue weighted by molar-refractivity contribution is 5.74. The van der Waals surface area contributed by atoms with Crippen molar-refractivity contribution < 1.29 is 9.53 Å². The summed E-state index contributed by atoms with van der Waals surface area (Å²) in [5.41, 5.74) is 0. The molecular formula is C18H34N2O2. The lowest BCUT2D eigenvalue weighted by atomic mass is 9.89. The predicted octanol–water partition coefficient (Wildman–Crippen LogP) is 4.44. The van der Waals surface area contributed by atoms with Crippen molar-refractivity contribution in [2.45, 2.75) is 96.1 Å². The lowest BCUT2D eigenvalue weighted by Gasteiger charge is -2.41. The van der Waals surface area contributed by atoms with E-state index in [4.69, 9.17) is 4.74 Å². The van der Waals surface area contributed by atoms with Gasteiger partial charge in [0.1, 0.15) is 6.73 Å². The van der Waals surface area contributed by atoms with Crippen molar-refractivity contribution in [1.82, 2.24) is 10.2 Å². The molecule has 2 amide bonds. The Morgan fingerprint density at radius 2 is 1.55 bits per heavy atom. The number of hydrogen-bond acceptors (Lipinski definition) is 2. The molecule has 0 aromatic rings. The topological polar surface area (TPSA) is 41.6 Å². The number of rotatable bonds is 7. The third-order valence-corrected chi connectivity index (χ3v) is 5.14. The number of hydrogen-bond donors (Lipinski definition) is 1. The molecule has 2 fully saturated rings. The van der Waals surface area contributed by atoms with Gasteiger partial charge in [-0.2, -0.15) is 0 Å². The summed E-state index contributed by atoms with van der Waals surface area (Å²) in [7, 11) is 0. The first-order chi connectivity index (χ1) is 10.8. The molecular weight excluding hydrogens is 276 g/mol. The number of amides is 2. The quantitative estimate of drug-likeness (QED) is 0.558. The van der Waals surface area contributed by atoms with Crippen LogP contribution in [0.5, 0.6) is 0 Å². The van der Waals surface area contributed by atoms with Gasteiger partial charge in [0.05, 0.1) is 0 Å². The van der Waals surface area contributed by atoms with Crippen molar-refractivity contribution in [1.29, 1.82) is 0 Å². The Bertz CT molecular complexity index is 292. The van der Waals surface area contributed by atoms with Gasteiger partial charge in [0.2, 0.25) is 0 Å². The molecule has 4 heteroatoms. The standard InChI is InChI=1S/C18H34N2O2/c1-2-3-14-22-15-19-18(21)20(16-10-6-4-7-11-16)17-12-8-5-9-13-17/h16-17H,2-15H2,1H3,(H,19,21). The van der Waals surface area contributed by atoms with Gasteiger partial charge in [0.25, 0.3) is 0 Å². The van der Waals surface area contributed by atoms with Gasteiger partial charge < -0.3 is 15.0 Å². The van der Waals surface area contributed by atoms with Crippen LogP contribution >= 0.6 is 0 Å². The monoisotopic (exact) mass is 310 g/mol. The molecule has 0 aromatic heterocycles. The van der Waals surface area contributed by atoms with E-state index in [0.717, 1.165) is 19.4 Å². The van der Waals surface area contributed by atoms with Gasteiger partial charge in [-0.05, 0) is 32.1 Å². The SMILES string of the molecule is CCCCOCNC(=O)N(C1CCCCC1)C1CCCCC1. The third-order valence-electron chi connectivity index (χ3n) is 5.14. The fourth-order valence-electron chi connectivity index (χ4n) is 3.87. The summed E-state index contributed by atoms with van der Waals surface area (Å²) in [5, 5.41) is 3.00. The highest BCUT2D eigenvalue weighted by Gasteiger charge is 2.32. The zero-order valence-corrected chi connectivity index (χ0v) is 14.3. The molecule has 2 saturated carbocycles. The van der Waals surface area contributed by atoms with Gasteiger partial charge in [-0.25, -0.2) is 4.79 Å². The maximum absolute atomic E-state index is 12.7. The van der Waals surface area contributed by atoms with Gasteiger partial charge in [0.15, 0.2) is 0 Å². The molecule has 0 atom stereocenters. The predicted molar refractivity (Wildman–Crippen MR) is 89.8 cm³/mol. The molecule has 0 radical (unpaired) electrons. The molecule has 0 heterocycles. The van der Waals surface area contributed by atoms with Crippen molar-refractivity contribution in [3.8, 4) is 0 Å². The van der Waals surface area contributed by atoms with Crippen LogP contribution in [0, 0.1) is 0 Å². The summed E-state index contributed by atoms with van der Waals surface area (Å²) in [6, 6.07) is 1.01. The largest absolute Gasteiger partial charge is 0.361 e. The first-order valence-corrected chi connectivity index (χ1v) is 9.47. The Morgan fingerprint density at radius 3 is 2.05 bits per heavy atom. The average molecular weight is 310 g/mol. The summed E-state index contributed by atoms with van der Waals surface area (Å²) < 4.78 is 5.51. The third kappa shape index (κ3) is 5.45. The number of urea groups is 1. The Balaban J connectivity index is 1.86. The van der Waals surface area contributed by atoms with Gasteiger partial charge in [-0.3, -0.25) is 0 Å². The van der Waals surface area contributed by atoms with Crippen LogP contribution in [-0.4, -0.2) is 36.4 Å². The van der Waals surface area contributed by atoms with Crippen molar-refractivity contribution in [3.05, 3.63) is 0 Å². The minimum atomic E-state index is 0.107. The Morgan fingerprint density at radius 1 is 1.00 bits per heavy atom. The summed E-state index contributed by atoms with van der Waals surface area (Å²) in [4.78, 5) is 14.9. The number of nitrogens with one attached hydrogen (secondary N) is 1. The highest BCUT2D eigenvalue weighted by Crippen LogP contribution is 2.30. The number of unbranched alkanes of at least 4 members (excludes halogenated alkanes) is 1. The molecule has 2 aliphatic rings. The molecule has 2 rings (SSSR count). The molecule has 2 aliphatic carbocycles. The summed E-state index contributed by atoms with van der Waals surface area (Å²) in [5.74, 6) is 0. The minimum absolute atomic E-state index is 0.107. The number of carbonyl (C=O) groups is 1. The fourth-order valence-corrected chi connectivity index (χ4v) is 3.87. The average Bonchev–Trinajstić information content (AvgIpc) is 2.57. The van der Waals surface area contributed by atoms with Crippen LogP contribution < -0.4 is 5.32 Å². The van der Waals surface area contributed by atoms with Crippen molar-refractivity contribution in [2.75, 3.05) is 13.3 Å². The Kier molecular flexibility index (Phi) is 8.06. The van der Waals surface area contributed by atoms with Crippen LogP contribution in [0.25, 0.3) is 0 Å². The van der Waals surface area contributed by atoms with E-state index >= 15 is 0 Å². The van der Waals surface area contributed by atoms with Crippen LogP contribution in [0.4, 0.5) is 4.79 Å². The van der Waals surface area contributed by atoms with E-state index in [1.54, 1.807) is 0 Å². The first kappa shape index (κ1) is 17.6. The van der Waals surface area contributed by atoms with E-state index in [9.17, 15) is 4.79 Å².